The van der Waals surface area contributed by atoms with Gasteiger partial charge in [0.15, 0.2) is 0 Å². The molecule has 1 aliphatic heterocycles. The summed E-state index contributed by atoms with van der Waals surface area (Å²) in [6.07, 6.45) is 0. The molecule has 1 heterocycles. The second kappa shape index (κ2) is 6.06. The van der Waals surface area contributed by atoms with E-state index in [9.17, 15) is 9.59 Å². The molecular weight excluding hydrogens is 530 g/mol. The van der Waals surface area contributed by atoms with Crippen molar-refractivity contribution in [3.63, 3.8) is 0 Å². The van der Waals surface area contributed by atoms with Crippen molar-refractivity contribution in [2.45, 2.75) is 8.65 Å². The molecule has 0 radical (unpaired) electrons. The zero-order valence-corrected chi connectivity index (χ0v) is 19.4. The van der Waals surface area contributed by atoms with E-state index in [1.165, 1.54) is 4.90 Å². The Morgan fingerprint density at radius 2 is 1.03 bits per heavy atom. The Labute approximate surface area is 195 Å². The van der Waals surface area contributed by atoms with Gasteiger partial charge in [-0.15, -0.1) is 0 Å². The van der Waals surface area contributed by atoms with Gasteiger partial charge in [-0.05, 0) is 34.4 Å². The van der Waals surface area contributed by atoms with Crippen LogP contribution in [0.1, 0.15) is 22.3 Å². The molecule has 2 atom stereocenters. The molecule has 7 rings (SSSR count). The van der Waals surface area contributed by atoms with E-state index in [2.05, 4.69) is 31.9 Å². The Morgan fingerprint density at radius 1 is 0.667 bits per heavy atom. The van der Waals surface area contributed by atoms with Gasteiger partial charge in [0, 0.05) is 0 Å². The number of alkyl halides is 2. The number of amides is 2. The quantitative estimate of drug-likeness (QED) is 0.290. The number of carbonyl (C=O) groups is 2. The van der Waals surface area contributed by atoms with Crippen LogP contribution in [-0.2, 0) is 18.2 Å². The van der Waals surface area contributed by atoms with E-state index >= 15 is 0 Å². The summed E-state index contributed by atoms with van der Waals surface area (Å²) in [5, 5.41) is 0.382. The first-order valence-corrected chi connectivity index (χ1v) is 11.6. The van der Waals surface area contributed by atoms with Crippen LogP contribution in [0.3, 0.4) is 0 Å². The molecule has 2 bridgehead atoms. The number of para-hydroxylation sites is 1. The number of rotatable bonds is 1. The maximum Gasteiger partial charge on any atom is 0.239 e. The lowest BCUT2D eigenvalue weighted by molar-refractivity contribution is -0.122. The summed E-state index contributed by atoms with van der Waals surface area (Å²) in [5.41, 5.74) is 4.50. The summed E-state index contributed by atoms with van der Waals surface area (Å²) in [6, 6.07) is 23.1. The third-order valence-corrected chi connectivity index (χ3v) is 9.69. The number of carbonyl (C=O) groups excluding carboxylic acids is 2. The van der Waals surface area contributed by atoms with E-state index in [0.29, 0.717) is 10.7 Å². The highest BCUT2D eigenvalue weighted by molar-refractivity contribution is 9.10. The van der Waals surface area contributed by atoms with E-state index in [1.54, 1.807) is 24.3 Å². The molecule has 0 aromatic heterocycles. The zero-order chi connectivity index (χ0) is 20.8. The highest BCUT2D eigenvalue weighted by Gasteiger charge is 2.72. The SMILES string of the molecule is O=C1[C@@H]2[C@H](C(=O)N1c1ccccc1Cl)C1(Br)c3ccccc3C2(Br)c2ccccc21. The predicted molar refractivity (Wildman–Crippen MR) is 123 cm³/mol. The summed E-state index contributed by atoms with van der Waals surface area (Å²) in [7, 11) is 0. The minimum absolute atomic E-state index is 0.234. The summed E-state index contributed by atoms with van der Waals surface area (Å²) in [4.78, 5) is 29.0. The van der Waals surface area contributed by atoms with Gasteiger partial charge in [-0.2, -0.15) is 0 Å². The molecule has 0 N–H and O–H groups in total. The normalized spacial score (nSPS) is 30.8. The lowest BCUT2D eigenvalue weighted by Gasteiger charge is -2.55. The Kier molecular flexibility index (Phi) is 3.79. The van der Waals surface area contributed by atoms with Gasteiger partial charge in [-0.25, -0.2) is 4.90 Å². The molecule has 0 unspecified atom stereocenters. The van der Waals surface area contributed by atoms with Gasteiger partial charge in [-0.3, -0.25) is 9.59 Å². The predicted octanol–water partition coefficient (Wildman–Crippen LogP) is 5.75. The van der Waals surface area contributed by atoms with Crippen molar-refractivity contribution in [2.75, 3.05) is 4.90 Å². The smallest absolute Gasteiger partial charge is 0.239 e. The number of benzene rings is 3. The molecule has 2 amide bonds. The Balaban J connectivity index is 1.68. The molecule has 3 aromatic carbocycles. The molecular formula is C24H14Br2ClNO2. The second-order valence-electron chi connectivity index (χ2n) is 7.93. The van der Waals surface area contributed by atoms with Gasteiger partial charge in [0.25, 0.3) is 0 Å². The third-order valence-electron chi connectivity index (χ3n) is 6.68. The molecule has 3 nitrogen and oxygen atoms in total. The number of nitrogens with zero attached hydrogens (tertiary/aromatic N) is 1. The molecule has 1 saturated heterocycles. The molecule has 0 saturated carbocycles. The number of hydrogen-bond donors (Lipinski definition) is 0. The van der Waals surface area contributed by atoms with E-state index in [4.69, 9.17) is 11.6 Å². The van der Waals surface area contributed by atoms with Gasteiger partial charge in [0.05, 0.1) is 31.2 Å². The molecule has 3 aliphatic carbocycles. The van der Waals surface area contributed by atoms with Crippen LogP contribution in [0.25, 0.3) is 0 Å². The molecule has 0 spiro atoms. The van der Waals surface area contributed by atoms with Crippen molar-refractivity contribution in [2.24, 2.45) is 11.8 Å². The van der Waals surface area contributed by atoms with Gasteiger partial charge >= 0.3 is 0 Å². The summed E-state index contributed by atoms with van der Waals surface area (Å²) in [5.74, 6) is -1.65. The monoisotopic (exact) mass is 541 g/mol. The van der Waals surface area contributed by atoms with Gasteiger partial charge < -0.3 is 0 Å². The van der Waals surface area contributed by atoms with Crippen LogP contribution in [0.4, 0.5) is 5.69 Å². The van der Waals surface area contributed by atoms with Crippen LogP contribution in [0, 0.1) is 11.8 Å². The Bertz CT molecular complexity index is 1150. The van der Waals surface area contributed by atoms with Crippen LogP contribution in [0.2, 0.25) is 5.02 Å². The van der Waals surface area contributed by atoms with E-state index < -0.39 is 20.5 Å². The van der Waals surface area contributed by atoms with Crippen LogP contribution in [0.15, 0.2) is 72.8 Å². The fourth-order valence-electron chi connectivity index (χ4n) is 5.54. The number of hydrogen-bond acceptors (Lipinski definition) is 2. The molecule has 6 heteroatoms. The molecule has 30 heavy (non-hydrogen) atoms. The van der Waals surface area contributed by atoms with Crippen molar-refractivity contribution >= 4 is 61.0 Å². The number of halogens is 3. The standard InChI is InChI=1S/C24H14Br2ClNO2/c25-23-13-7-1-2-8-14(13)24(26,16-10-4-3-9-15(16)23)20-19(23)21(29)28(22(20)30)18-12-6-5-11-17(18)27/h1-12,19-20H/t19-,20+,23?,24?. The minimum atomic E-state index is -0.789. The highest BCUT2D eigenvalue weighted by Crippen LogP contribution is 2.70. The van der Waals surface area contributed by atoms with Gasteiger partial charge in [0.2, 0.25) is 11.8 Å². The maximum absolute atomic E-state index is 13.9. The molecule has 4 aliphatic rings. The molecule has 1 fully saturated rings. The largest absolute Gasteiger partial charge is 0.274 e. The molecule has 3 aromatic rings. The average Bonchev–Trinajstić information content (AvgIpc) is 3.04. The Hall–Kier alpha value is -1.95. The van der Waals surface area contributed by atoms with Crippen molar-refractivity contribution in [3.05, 3.63) is 100 Å². The minimum Gasteiger partial charge on any atom is -0.274 e. The highest BCUT2D eigenvalue weighted by atomic mass is 79.9. The van der Waals surface area contributed by atoms with Crippen LogP contribution in [-0.4, -0.2) is 11.8 Å². The number of imide groups is 1. The summed E-state index contributed by atoms with van der Waals surface area (Å²) in [6.45, 7) is 0. The molecule has 148 valence electrons. The Morgan fingerprint density at radius 3 is 1.43 bits per heavy atom. The van der Waals surface area contributed by atoms with Gasteiger partial charge in [-0.1, -0.05) is 104 Å². The lowest BCUT2D eigenvalue weighted by Crippen LogP contribution is -2.56. The fourth-order valence-corrected chi connectivity index (χ4v) is 8.06. The first-order valence-electron chi connectivity index (χ1n) is 9.62. The van der Waals surface area contributed by atoms with Crippen molar-refractivity contribution in [1.29, 1.82) is 0 Å². The summed E-state index contributed by atoms with van der Waals surface area (Å²) >= 11 is 14.4. The van der Waals surface area contributed by atoms with Crippen LogP contribution < -0.4 is 4.90 Å². The fraction of sp³-hybridized carbons (Fsp3) is 0.167. The summed E-state index contributed by atoms with van der Waals surface area (Å²) < 4.78 is -1.58. The second-order valence-corrected chi connectivity index (χ2v) is 10.8. The first-order chi connectivity index (χ1) is 14.4. The van der Waals surface area contributed by atoms with Crippen molar-refractivity contribution < 1.29 is 9.59 Å². The van der Waals surface area contributed by atoms with Crippen molar-refractivity contribution in [3.8, 4) is 0 Å². The van der Waals surface area contributed by atoms with E-state index in [0.717, 1.165) is 22.3 Å². The van der Waals surface area contributed by atoms with Crippen LogP contribution >= 0.6 is 43.5 Å². The van der Waals surface area contributed by atoms with Crippen LogP contribution in [0.5, 0.6) is 0 Å². The average molecular weight is 544 g/mol. The van der Waals surface area contributed by atoms with Gasteiger partial charge in [0.1, 0.15) is 0 Å². The van der Waals surface area contributed by atoms with Crippen molar-refractivity contribution in [1.82, 2.24) is 0 Å². The topological polar surface area (TPSA) is 37.4 Å². The lowest BCUT2D eigenvalue weighted by atomic mass is 9.54. The third kappa shape index (κ3) is 1.97. The maximum atomic E-state index is 13.9. The van der Waals surface area contributed by atoms with E-state index in [1.807, 2.05) is 48.5 Å². The zero-order valence-electron chi connectivity index (χ0n) is 15.5. The first kappa shape index (κ1) is 18.8. The number of anilines is 1. The van der Waals surface area contributed by atoms with E-state index in [-0.39, 0.29) is 11.8 Å².